The first-order valence-corrected chi connectivity index (χ1v) is 13.7. The maximum Gasteiger partial charge on any atom is 0.253 e. The molecule has 0 spiro atoms. The minimum absolute atomic E-state index is 0.0121. The third-order valence-corrected chi connectivity index (χ3v) is 8.01. The van der Waals surface area contributed by atoms with Gasteiger partial charge in [-0.05, 0) is 88.1 Å². The Kier molecular flexibility index (Phi) is 7.73. The van der Waals surface area contributed by atoms with Crippen LogP contribution < -0.4 is 5.32 Å². The van der Waals surface area contributed by atoms with Crippen molar-refractivity contribution in [1.82, 2.24) is 15.2 Å². The third kappa shape index (κ3) is 5.95. The number of fused-ring (bicyclic) bond motifs is 1. The van der Waals surface area contributed by atoms with Crippen LogP contribution in [0, 0.1) is 18.8 Å². The Morgan fingerprint density at radius 2 is 1.89 bits per heavy atom. The SMILES string of the molecule is Cc1ccc(-c2nc3cc(C(=O)N4CCC([C@@H](C)C(=O)NCCC5=CCCCC5)CC4)ccc3o2)cc1. The van der Waals surface area contributed by atoms with Gasteiger partial charge < -0.3 is 14.6 Å². The first-order chi connectivity index (χ1) is 18.0. The van der Waals surface area contributed by atoms with Crippen molar-refractivity contribution in [2.75, 3.05) is 19.6 Å². The van der Waals surface area contributed by atoms with Gasteiger partial charge in [0.15, 0.2) is 5.58 Å². The van der Waals surface area contributed by atoms with Gasteiger partial charge in [-0.25, -0.2) is 4.98 Å². The fourth-order valence-corrected chi connectivity index (χ4v) is 5.52. The number of likely N-dealkylation sites (tertiary alicyclic amines) is 1. The molecule has 6 nitrogen and oxygen atoms in total. The monoisotopic (exact) mass is 499 g/mol. The van der Waals surface area contributed by atoms with E-state index in [9.17, 15) is 9.59 Å². The Morgan fingerprint density at radius 3 is 2.62 bits per heavy atom. The van der Waals surface area contributed by atoms with Gasteiger partial charge in [0.2, 0.25) is 11.8 Å². The van der Waals surface area contributed by atoms with Crippen molar-refractivity contribution in [3.63, 3.8) is 0 Å². The highest BCUT2D eigenvalue weighted by molar-refractivity contribution is 5.97. The fraction of sp³-hybridized carbons (Fsp3) is 0.452. The Hall–Kier alpha value is -3.41. The molecule has 1 N–H and O–H groups in total. The fourth-order valence-electron chi connectivity index (χ4n) is 5.52. The molecule has 0 radical (unpaired) electrons. The van der Waals surface area contributed by atoms with Crippen LogP contribution in [0.1, 0.15) is 67.8 Å². The standard InChI is InChI=1S/C31H37N3O3/c1-21-8-10-25(11-9-21)30-33-27-20-26(12-13-28(27)37-30)31(36)34-18-15-24(16-19-34)22(2)29(35)32-17-14-23-6-4-3-5-7-23/h6,8-13,20,22,24H,3-5,7,14-19H2,1-2H3,(H,32,35)/t22-/m1/s1. The summed E-state index contributed by atoms with van der Waals surface area (Å²) in [5.74, 6) is 0.973. The third-order valence-electron chi connectivity index (χ3n) is 8.01. The number of aromatic nitrogens is 1. The largest absolute Gasteiger partial charge is 0.436 e. The Balaban J connectivity index is 1.14. The number of nitrogens with one attached hydrogen (secondary N) is 1. The number of oxazole rings is 1. The van der Waals surface area contributed by atoms with E-state index in [-0.39, 0.29) is 17.7 Å². The number of carbonyl (C=O) groups excluding carboxylic acids is 2. The van der Waals surface area contributed by atoms with Gasteiger partial charge in [-0.1, -0.05) is 36.3 Å². The number of carbonyl (C=O) groups is 2. The van der Waals surface area contributed by atoms with Crippen molar-refractivity contribution >= 4 is 22.9 Å². The molecule has 2 aromatic carbocycles. The van der Waals surface area contributed by atoms with Gasteiger partial charge in [0, 0.05) is 36.7 Å². The summed E-state index contributed by atoms with van der Waals surface area (Å²) in [7, 11) is 0. The van der Waals surface area contributed by atoms with Crippen molar-refractivity contribution < 1.29 is 14.0 Å². The molecule has 37 heavy (non-hydrogen) atoms. The van der Waals surface area contributed by atoms with Crippen LogP contribution in [0.3, 0.4) is 0 Å². The molecule has 0 unspecified atom stereocenters. The molecule has 1 saturated heterocycles. The van der Waals surface area contributed by atoms with Gasteiger partial charge >= 0.3 is 0 Å². The zero-order valence-corrected chi connectivity index (χ0v) is 22.0. The molecular weight excluding hydrogens is 462 g/mol. The predicted octanol–water partition coefficient (Wildman–Crippen LogP) is 6.30. The number of hydrogen-bond acceptors (Lipinski definition) is 4. The predicted molar refractivity (Wildman–Crippen MR) is 146 cm³/mol. The summed E-state index contributed by atoms with van der Waals surface area (Å²) in [5.41, 5.74) is 5.56. The molecule has 2 heterocycles. The van der Waals surface area contributed by atoms with Crippen LogP contribution in [-0.2, 0) is 4.79 Å². The molecule has 6 heteroatoms. The van der Waals surface area contributed by atoms with E-state index in [1.165, 1.54) is 36.8 Å². The lowest BCUT2D eigenvalue weighted by molar-refractivity contribution is -0.126. The number of benzene rings is 2. The molecule has 1 fully saturated rings. The molecule has 3 aromatic rings. The lowest BCUT2D eigenvalue weighted by atomic mass is 9.84. The molecule has 5 rings (SSSR count). The Bertz CT molecular complexity index is 1280. The second-order valence-corrected chi connectivity index (χ2v) is 10.6. The maximum atomic E-state index is 13.2. The molecule has 0 saturated carbocycles. The highest BCUT2D eigenvalue weighted by Crippen LogP contribution is 2.28. The number of amides is 2. The average molecular weight is 500 g/mol. The molecule has 0 bridgehead atoms. The highest BCUT2D eigenvalue weighted by Gasteiger charge is 2.30. The molecule has 2 amide bonds. The van der Waals surface area contributed by atoms with Gasteiger partial charge in [-0.2, -0.15) is 0 Å². The number of rotatable bonds is 7. The molecule has 1 atom stereocenters. The van der Waals surface area contributed by atoms with Crippen molar-refractivity contribution in [3.05, 3.63) is 65.2 Å². The molecular formula is C31H37N3O3. The lowest BCUT2D eigenvalue weighted by Gasteiger charge is -2.34. The van der Waals surface area contributed by atoms with E-state index in [4.69, 9.17) is 4.42 Å². The Morgan fingerprint density at radius 1 is 1.11 bits per heavy atom. The van der Waals surface area contributed by atoms with Crippen LogP contribution in [0.4, 0.5) is 0 Å². The van der Waals surface area contributed by atoms with E-state index in [0.29, 0.717) is 41.6 Å². The Labute approximate surface area is 219 Å². The summed E-state index contributed by atoms with van der Waals surface area (Å²) < 4.78 is 5.92. The van der Waals surface area contributed by atoms with Crippen LogP contribution in [0.2, 0.25) is 0 Å². The van der Waals surface area contributed by atoms with E-state index in [1.54, 1.807) is 0 Å². The number of piperidine rings is 1. The summed E-state index contributed by atoms with van der Waals surface area (Å²) in [5, 5.41) is 3.14. The topological polar surface area (TPSA) is 75.4 Å². The minimum Gasteiger partial charge on any atom is -0.436 e. The molecule has 1 aliphatic carbocycles. The second-order valence-electron chi connectivity index (χ2n) is 10.6. The van der Waals surface area contributed by atoms with E-state index in [0.717, 1.165) is 31.4 Å². The number of hydrogen-bond donors (Lipinski definition) is 1. The van der Waals surface area contributed by atoms with Gasteiger partial charge in [0.1, 0.15) is 5.52 Å². The molecule has 194 valence electrons. The lowest BCUT2D eigenvalue weighted by Crippen LogP contribution is -2.42. The van der Waals surface area contributed by atoms with Crippen LogP contribution in [0.5, 0.6) is 0 Å². The smallest absolute Gasteiger partial charge is 0.253 e. The van der Waals surface area contributed by atoms with Crippen LogP contribution in [-0.4, -0.2) is 41.3 Å². The highest BCUT2D eigenvalue weighted by atomic mass is 16.3. The maximum absolute atomic E-state index is 13.2. The number of allylic oxidation sites excluding steroid dienone is 1. The van der Waals surface area contributed by atoms with Crippen molar-refractivity contribution in [3.8, 4) is 11.5 Å². The average Bonchev–Trinajstić information content (AvgIpc) is 3.37. The van der Waals surface area contributed by atoms with Crippen LogP contribution in [0.15, 0.2) is 58.5 Å². The summed E-state index contributed by atoms with van der Waals surface area (Å²) >= 11 is 0. The summed E-state index contributed by atoms with van der Waals surface area (Å²) in [6, 6.07) is 13.5. The summed E-state index contributed by atoms with van der Waals surface area (Å²) in [4.78, 5) is 32.5. The molecule has 2 aliphatic rings. The van der Waals surface area contributed by atoms with Crippen molar-refractivity contribution in [2.45, 2.75) is 58.8 Å². The van der Waals surface area contributed by atoms with Gasteiger partial charge in [0.25, 0.3) is 5.91 Å². The minimum atomic E-state index is -0.0377. The first kappa shape index (κ1) is 25.2. The zero-order chi connectivity index (χ0) is 25.8. The van der Waals surface area contributed by atoms with Crippen molar-refractivity contribution in [2.24, 2.45) is 11.8 Å². The van der Waals surface area contributed by atoms with Crippen LogP contribution in [0.25, 0.3) is 22.6 Å². The van der Waals surface area contributed by atoms with Crippen LogP contribution >= 0.6 is 0 Å². The van der Waals surface area contributed by atoms with Gasteiger partial charge in [-0.15, -0.1) is 0 Å². The summed E-state index contributed by atoms with van der Waals surface area (Å²) in [6.07, 6.45) is 9.91. The van der Waals surface area contributed by atoms with E-state index in [2.05, 4.69) is 16.4 Å². The van der Waals surface area contributed by atoms with E-state index < -0.39 is 0 Å². The number of aryl methyl sites for hydroxylation is 1. The normalized spacial score (nSPS) is 17.5. The van der Waals surface area contributed by atoms with Gasteiger partial charge in [0.05, 0.1) is 0 Å². The first-order valence-electron chi connectivity index (χ1n) is 13.7. The summed E-state index contributed by atoms with van der Waals surface area (Å²) in [6.45, 7) is 6.13. The van der Waals surface area contributed by atoms with E-state index in [1.807, 2.05) is 61.2 Å². The molecule has 1 aromatic heterocycles. The number of nitrogens with zero attached hydrogens (tertiary/aromatic N) is 2. The second kappa shape index (κ2) is 11.3. The molecule has 1 aliphatic heterocycles. The zero-order valence-electron chi connectivity index (χ0n) is 22.0. The van der Waals surface area contributed by atoms with Crippen molar-refractivity contribution in [1.29, 1.82) is 0 Å². The quantitative estimate of drug-likeness (QED) is 0.387. The van der Waals surface area contributed by atoms with E-state index >= 15 is 0 Å². The van der Waals surface area contributed by atoms with Gasteiger partial charge in [-0.3, -0.25) is 9.59 Å².